The Morgan fingerprint density at radius 3 is 2.48 bits per heavy atom. The molecule has 328 valence electrons. The Morgan fingerprint density at radius 2 is 1.74 bits per heavy atom. The molecule has 0 aliphatic carbocycles. The van der Waals surface area contributed by atoms with Crippen molar-refractivity contribution < 1.29 is 38.2 Å². The summed E-state index contributed by atoms with van der Waals surface area (Å²) in [5.41, 5.74) is 4.27. The van der Waals surface area contributed by atoms with Crippen LogP contribution < -0.4 is 19.9 Å². The lowest BCUT2D eigenvalue weighted by molar-refractivity contribution is -0.151. The van der Waals surface area contributed by atoms with Crippen LogP contribution >= 0.6 is 15.9 Å². The molecule has 4 aromatic carbocycles. The highest BCUT2D eigenvalue weighted by molar-refractivity contribution is 9.10. The van der Waals surface area contributed by atoms with Crippen LogP contribution in [0.2, 0.25) is 18.6 Å². The van der Waals surface area contributed by atoms with Gasteiger partial charge in [0.15, 0.2) is 5.60 Å². The maximum atomic E-state index is 16.7. The molecule has 0 aromatic heterocycles. The van der Waals surface area contributed by atoms with Gasteiger partial charge in [0.25, 0.3) is 5.91 Å². The summed E-state index contributed by atoms with van der Waals surface area (Å²) in [5, 5.41) is 23.1. The Bertz CT molecular complexity index is 2340. The summed E-state index contributed by atoms with van der Waals surface area (Å²) in [7, 11) is -3.58. The molecule has 1 saturated heterocycles. The number of carbonyl (C=O) groups excluding carboxylic acids is 3. The van der Waals surface area contributed by atoms with E-state index in [2.05, 4.69) is 21.2 Å². The number of hydrogen-bond donors (Lipinski definition) is 3. The lowest BCUT2D eigenvalue weighted by atomic mass is 9.82. The van der Waals surface area contributed by atoms with Gasteiger partial charge in [-0.25, -0.2) is 0 Å². The maximum absolute atomic E-state index is 16.7. The molecule has 3 N–H and O–H groups in total. The normalized spacial score (nSPS) is 24.4. The number of hydrogen-bond acceptors (Lipinski definition) is 8. The molecule has 1 unspecified atom stereocenters. The van der Waals surface area contributed by atoms with Crippen LogP contribution in [0.5, 0.6) is 5.75 Å². The third-order valence-corrected chi connectivity index (χ3v) is 16.2. The molecule has 11 nitrogen and oxygen atoms in total. The summed E-state index contributed by atoms with van der Waals surface area (Å²) in [6.45, 7) is 8.52. The number of benzene rings is 4. The van der Waals surface area contributed by atoms with Gasteiger partial charge < -0.3 is 38.9 Å². The van der Waals surface area contributed by atoms with E-state index in [0.29, 0.717) is 55.9 Å². The topological polar surface area (TPSA) is 132 Å². The minimum absolute atomic E-state index is 0.0873. The summed E-state index contributed by atoms with van der Waals surface area (Å²) < 4.78 is 30.3. The second-order valence-corrected chi connectivity index (χ2v) is 22.3. The van der Waals surface area contributed by atoms with E-state index in [-0.39, 0.29) is 43.9 Å². The first-order chi connectivity index (χ1) is 29.8. The van der Waals surface area contributed by atoms with E-state index in [0.717, 1.165) is 44.6 Å². The Labute approximate surface area is 372 Å². The summed E-state index contributed by atoms with van der Waals surface area (Å²) in [6.07, 6.45) is 1.37. The molecule has 8 rings (SSSR count). The molecule has 3 amide bonds. The van der Waals surface area contributed by atoms with Gasteiger partial charge in [-0.3, -0.25) is 19.3 Å². The van der Waals surface area contributed by atoms with E-state index in [1.54, 1.807) is 27.8 Å². The van der Waals surface area contributed by atoms with Gasteiger partial charge in [0.1, 0.15) is 5.75 Å². The molecule has 0 radical (unpaired) electrons. The van der Waals surface area contributed by atoms with Crippen molar-refractivity contribution in [2.75, 3.05) is 36.2 Å². The van der Waals surface area contributed by atoms with Crippen LogP contribution in [0.4, 0.5) is 21.2 Å². The SMILES string of the molecule is CCOc1ccc2c(c1)CC(NCCCCO)C(=O)N2c1cccc(CN2C(=O)[C@]3(O[C@H](CC(=O)N4Cc5ccccc5C[C@H]4CO)[C@@H]([Si](C)(C)F)[C@@H]3C)c3cc(Br)ccc32)c1. The van der Waals surface area contributed by atoms with Gasteiger partial charge >= 0.3 is 0 Å². The highest BCUT2D eigenvalue weighted by Crippen LogP contribution is 2.60. The van der Waals surface area contributed by atoms with Crippen LogP contribution in [0, 0.1) is 5.92 Å². The van der Waals surface area contributed by atoms with Crippen molar-refractivity contribution in [1.82, 2.24) is 10.2 Å². The second kappa shape index (κ2) is 18.0. The fourth-order valence-corrected chi connectivity index (χ4v) is 13.3. The van der Waals surface area contributed by atoms with Crippen LogP contribution in [-0.2, 0) is 50.7 Å². The minimum atomic E-state index is -3.58. The lowest BCUT2D eigenvalue weighted by Crippen LogP contribution is -2.49. The number of unbranched alkanes of at least 4 members (excludes halogenated alkanes) is 1. The first-order valence-corrected chi connectivity index (χ1v) is 25.5. The predicted octanol–water partition coefficient (Wildman–Crippen LogP) is 7.46. The lowest BCUT2D eigenvalue weighted by Gasteiger charge is -2.37. The number of rotatable bonds is 14. The number of aliphatic hydroxyl groups is 2. The van der Waals surface area contributed by atoms with E-state index in [1.165, 1.54) is 0 Å². The quantitative estimate of drug-likeness (QED) is 0.0676. The molecule has 4 aliphatic rings. The Morgan fingerprint density at radius 1 is 0.968 bits per heavy atom. The van der Waals surface area contributed by atoms with Gasteiger partial charge in [-0.05, 0) is 123 Å². The van der Waals surface area contributed by atoms with E-state index >= 15 is 8.90 Å². The number of amides is 3. The van der Waals surface area contributed by atoms with E-state index in [9.17, 15) is 19.8 Å². The van der Waals surface area contributed by atoms with Crippen molar-refractivity contribution in [3.8, 4) is 5.75 Å². The fourth-order valence-electron chi connectivity index (χ4n) is 10.4. The van der Waals surface area contributed by atoms with Crippen molar-refractivity contribution in [3.05, 3.63) is 117 Å². The summed E-state index contributed by atoms with van der Waals surface area (Å²) >= 11 is 3.63. The number of anilines is 3. The van der Waals surface area contributed by atoms with E-state index in [4.69, 9.17) is 9.47 Å². The molecular formula is C48H56BrFN4O7Si. The molecule has 0 bridgehead atoms. The van der Waals surface area contributed by atoms with Gasteiger partial charge in [-0.1, -0.05) is 59.3 Å². The third-order valence-electron chi connectivity index (χ3n) is 13.2. The molecule has 6 atom stereocenters. The molecule has 1 fully saturated rings. The molecule has 62 heavy (non-hydrogen) atoms. The number of aliphatic hydroxyl groups excluding tert-OH is 2. The second-order valence-electron chi connectivity index (χ2n) is 17.6. The summed E-state index contributed by atoms with van der Waals surface area (Å²) in [6, 6.07) is 26.0. The van der Waals surface area contributed by atoms with Crippen LogP contribution in [0.15, 0.2) is 89.4 Å². The van der Waals surface area contributed by atoms with E-state index < -0.39 is 43.7 Å². The van der Waals surface area contributed by atoms with Crippen molar-refractivity contribution in [3.63, 3.8) is 0 Å². The van der Waals surface area contributed by atoms with Crippen molar-refractivity contribution in [2.45, 2.75) is 101 Å². The zero-order valence-electron chi connectivity index (χ0n) is 35.8. The Kier molecular flexibility index (Phi) is 12.8. The number of nitrogens with one attached hydrogen (secondary N) is 1. The smallest absolute Gasteiger partial charge is 0.264 e. The predicted molar refractivity (Wildman–Crippen MR) is 243 cm³/mol. The molecule has 4 aromatic rings. The van der Waals surface area contributed by atoms with Gasteiger partial charge in [0, 0.05) is 40.3 Å². The molecule has 0 saturated carbocycles. The van der Waals surface area contributed by atoms with Crippen LogP contribution in [0.1, 0.15) is 60.9 Å². The largest absolute Gasteiger partial charge is 0.494 e. The summed E-state index contributed by atoms with van der Waals surface area (Å²) in [4.78, 5) is 49.0. The van der Waals surface area contributed by atoms with Crippen molar-refractivity contribution >= 4 is 59.1 Å². The fraction of sp³-hybridized carbons (Fsp3) is 0.438. The van der Waals surface area contributed by atoms with Gasteiger partial charge in [0.05, 0.1) is 55.7 Å². The first-order valence-electron chi connectivity index (χ1n) is 21.8. The first kappa shape index (κ1) is 44.2. The average Bonchev–Trinajstić information content (AvgIpc) is 3.67. The zero-order chi connectivity index (χ0) is 43.9. The highest BCUT2D eigenvalue weighted by atomic mass is 79.9. The van der Waals surface area contributed by atoms with Gasteiger partial charge in [0.2, 0.25) is 20.2 Å². The number of carbonyl (C=O) groups is 3. The Balaban J connectivity index is 1.10. The van der Waals surface area contributed by atoms with Crippen LogP contribution in [0.3, 0.4) is 0 Å². The molecular weight excluding hydrogens is 872 g/mol. The minimum Gasteiger partial charge on any atom is -0.494 e. The molecule has 4 aliphatic heterocycles. The number of halogens is 2. The number of nitrogens with zero attached hydrogens (tertiary/aromatic N) is 3. The maximum Gasteiger partial charge on any atom is 0.264 e. The van der Waals surface area contributed by atoms with Crippen molar-refractivity contribution in [1.29, 1.82) is 0 Å². The van der Waals surface area contributed by atoms with Gasteiger partial charge in [-0.2, -0.15) is 0 Å². The molecule has 14 heteroatoms. The van der Waals surface area contributed by atoms with Crippen molar-refractivity contribution in [2.24, 2.45) is 5.92 Å². The third kappa shape index (κ3) is 8.14. The average molecular weight is 928 g/mol. The van der Waals surface area contributed by atoms with Crippen LogP contribution in [-0.4, -0.2) is 85.8 Å². The van der Waals surface area contributed by atoms with Gasteiger partial charge in [-0.15, -0.1) is 0 Å². The number of ether oxygens (including phenoxy) is 2. The number of fused-ring (bicyclic) bond motifs is 4. The molecule has 1 spiro atoms. The summed E-state index contributed by atoms with van der Waals surface area (Å²) in [5.74, 6) is -0.550. The van der Waals surface area contributed by atoms with E-state index in [1.807, 2.05) is 98.8 Å². The Hall–Kier alpha value is -4.44. The molecule has 4 heterocycles. The highest BCUT2D eigenvalue weighted by Gasteiger charge is 2.67. The van der Waals surface area contributed by atoms with Crippen LogP contribution in [0.25, 0.3) is 0 Å². The standard InChI is InChI=1S/C48H56BrFN4O7Si/c1-5-60-38-16-18-41-34(23-38)24-40(51-19-8-9-20-55)46(58)54(41)36-14-10-11-31(21-36)27-53-42-17-15-35(49)25-39(42)48(47(53)59)30(2)45(62(3,4)50)43(61-48)26-44(57)52-28-33-13-7-6-12-32(33)22-37(52)29-56/h6-7,10-18,21,23,25,30,37,40,43,45,51,55-56H,5,8-9,19-20,22,24,26-29H2,1-4H3/t30-,37-,40?,43+,45-,48+/m0/s1. The zero-order valence-corrected chi connectivity index (χ0v) is 38.4. The monoisotopic (exact) mass is 926 g/mol.